The molecule has 2 aromatic rings. The normalized spacial score (nSPS) is 20.9. The second-order valence-electron chi connectivity index (χ2n) is 8.88. The largest absolute Gasteiger partial charge is 0.489 e. The number of para-hydroxylation sites is 1. The minimum absolute atomic E-state index is 0.246. The van der Waals surface area contributed by atoms with E-state index in [-0.39, 0.29) is 21.0 Å². The smallest absolute Gasteiger partial charge is 0.163 e. The van der Waals surface area contributed by atoms with E-state index in [2.05, 4.69) is 89.3 Å². The zero-order chi connectivity index (χ0) is 22.3. The lowest BCUT2D eigenvalue weighted by Crippen LogP contribution is -2.27. The number of hydrogen-bond acceptors (Lipinski definition) is 5. The van der Waals surface area contributed by atoms with E-state index in [4.69, 9.17) is 4.74 Å². The average Bonchev–Trinajstić information content (AvgIpc) is 3.29. The summed E-state index contributed by atoms with van der Waals surface area (Å²) in [6, 6.07) is 9.10. The first-order valence-electron chi connectivity index (χ1n) is 11.5. The van der Waals surface area contributed by atoms with Gasteiger partial charge in [0.25, 0.3) is 0 Å². The average molecular weight is 658 g/mol. The minimum atomic E-state index is -0.246. The Labute approximate surface area is 215 Å². The van der Waals surface area contributed by atoms with Crippen LogP contribution < -0.4 is 13.2 Å². The molecule has 2 aliphatic rings. The fourth-order valence-electron chi connectivity index (χ4n) is 4.25. The lowest BCUT2D eigenvalue weighted by atomic mass is 9.81. The molecule has 172 valence electrons. The van der Waals surface area contributed by atoms with Gasteiger partial charge in [0, 0.05) is 42.4 Å². The van der Waals surface area contributed by atoms with E-state index in [1.807, 2.05) is 6.20 Å². The van der Waals surface area contributed by atoms with Crippen LogP contribution in [0.1, 0.15) is 51.6 Å². The molecular formula is C25H32I2N4O. The SMILES string of the molecule is CC(C)NCCC1CCC(COc2cncnc2C2=CN(c3ccccc3I)I=C2)CC1. The number of nitrogens with one attached hydrogen (secondary N) is 1. The second-order valence-corrected chi connectivity index (χ2v) is 12.3. The molecule has 0 bridgehead atoms. The first-order valence-corrected chi connectivity index (χ1v) is 14.8. The Kier molecular flexibility index (Phi) is 8.93. The lowest BCUT2D eigenvalue weighted by Gasteiger charge is -2.28. The molecule has 1 aromatic heterocycles. The summed E-state index contributed by atoms with van der Waals surface area (Å²) in [5, 5.41) is 3.55. The van der Waals surface area contributed by atoms with Crippen molar-refractivity contribution in [1.82, 2.24) is 15.3 Å². The molecule has 0 radical (unpaired) electrons. The van der Waals surface area contributed by atoms with Crippen LogP contribution in [0.25, 0.3) is 5.57 Å². The van der Waals surface area contributed by atoms with Crippen molar-refractivity contribution < 1.29 is 4.74 Å². The highest BCUT2D eigenvalue weighted by Crippen LogP contribution is 2.36. The molecule has 0 atom stereocenters. The molecule has 1 N–H and O–H groups in total. The van der Waals surface area contributed by atoms with Crippen LogP contribution in [-0.4, -0.2) is 33.2 Å². The number of allylic oxidation sites excluding steroid dienone is 1. The van der Waals surface area contributed by atoms with Crippen LogP contribution in [0.4, 0.5) is 5.69 Å². The van der Waals surface area contributed by atoms with Gasteiger partial charge in [-0.05, 0) is 76.4 Å². The fraction of sp³-hybridized carbons (Fsp3) is 0.480. The van der Waals surface area contributed by atoms with Crippen LogP contribution in [0.5, 0.6) is 5.75 Å². The van der Waals surface area contributed by atoms with Gasteiger partial charge in [-0.25, -0.2) is 9.97 Å². The molecule has 0 unspecified atom stereocenters. The maximum absolute atomic E-state index is 6.30. The van der Waals surface area contributed by atoms with Crippen LogP contribution in [0, 0.1) is 15.4 Å². The van der Waals surface area contributed by atoms with Crippen molar-refractivity contribution in [2.45, 2.75) is 52.0 Å². The van der Waals surface area contributed by atoms with E-state index in [1.54, 1.807) is 6.33 Å². The summed E-state index contributed by atoms with van der Waals surface area (Å²) < 4.78 is 12.3. The monoisotopic (exact) mass is 658 g/mol. The quantitative estimate of drug-likeness (QED) is 0.257. The summed E-state index contributed by atoms with van der Waals surface area (Å²) in [5.41, 5.74) is 3.34. The van der Waals surface area contributed by atoms with E-state index >= 15 is 0 Å². The van der Waals surface area contributed by atoms with Crippen molar-refractivity contribution in [3.05, 3.63) is 52.3 Å². The van der Waals surface area contributed by atoms with Crippen LogP contribution >= 0.6 is 43.6 Å². The summed E-state index contributed by atoms with van der Waals surface area (Å²) in [7, 11) is 0. The molecule has 5 nitrogen and oxygen atoms in total. The van der Waals surface area contributed by atoms with Gasteiger partial charge in [-0.15, -0.1) is 0 Å². The molecule has 2 heterocycles. The molecule has 0 saturated heterocycles. The molecule has 1 saturated carbocycles. The van der Waals surface area contributed by atoms with E-state index in [0.29, 0.717) is 12.0 Å². The Hall–Kier alpha value is -1.07. The molecule has 7 heteroatoms. The van der Waals surface area contributed by atoms with Crippen molar-refractivity contribution >= 4 is 58.9 Å². The zero-order valence-electron chi connectivity index (χ0n) is 18.8. The van der Waals surface area contributed by atoms with Gasteiger partial charge in [0.05, 0.1) is 18.5 Å². The van der Waals surface area contributed by atoms with Crippen molar-refractivity contribution in [2.75, 3.05) is 16.3 Å². The van der Waals surface area contributed by atoms with Crippen molar-refractivity contribution in [3.8, 4) is 5.75 Å². The summed E-state index contributed by atoms with van der Waals surface area (Å²) in [6.07, 6.45) is 12.1. The number of hydrogen-bond donors (Lipinski definition) is 1. The number of ether oxygens (including phenoxy) is 1. The third-order valence-corrected chi connectivity index (χ3v) is 9.36. The van der Waals surface area contributed by atoms with E-state index in [1.165, 1.54) is 41.4 Å². The van der Waals surface area contributed by atoms with Gasteiger partial charge >= 0.3 is 0 Å². The number of halogens is 2. The Morgan fingerprint density at radius 1 is 1.19 bits per heavy atom. The number of nitrogens with zero attached hydrogens (tertiary/aromatic N) is 3. The second kappa shape index (κ2) is 11.9. The van der Waals surface area contributed by atoms with Crippen molar-refractivity contribution in [3.63, 3.8) is 0 Å². The molecule has 1 aliphatic carbocycles. The summed E-state index contributed by atoms with van der Waals surface area (Å²) >= 11 is 2.16. The molecular weight excluding hydrogens is 626 g/mol. The first kappa shape index (κ1) is 24.1. The summed E-state index contributed by atoms with van der Waals surface area (Å²) in [6.45, 7) is 6.34. The van der Waals surface area contributed by atoms with E-state index < -0.39 is 0 Å². The zero-order valence-corrected chi connectivity index (χ0v) is 23.1. The van der Waals surface area contributed by atoms with Gasteiger partial charge < -0.3 is 10.1 Å². The molecule has 32 heavy (non-hydrogen) atoms. The molecule has 1 aliphatic heterocycles. The minimum Gasteiger partial charge on any atom is -0.489 e. The maximum Gasteiger partial charge on any atom is 0.163 e. The van der Waals surface area contributed by atoms with Gasteiger partial charge in [-0.2, -0.15) is 0 Å². The Bertz CT molecular complexity index is 954. The number of aromatic nitrogens is 2. The van der Waals surface area contributed by atoms with Crippen LogP contribution in [-0.2, 0) is 0 Å². The number of rotatable bonds is 9. The third kappa shape index (κ3) is 6.50. The number of benzene rings is 1. The predicted octanol–water partition coefficient (Wildman–Crippen LogP) is 6.20. The molecule has 1 fully saturated rings. The first-order chi connectivity index (χ1) is 15.6. The summed E-state index contributed by atoms with van der Waals surface area (Å²) in [4.78, 5) is 8.82. The maximum atomic E-state index is 6.30. The summed E-state index contributed by atoms with van der Waals surface area (Å²) in [5.74, 6) is 2.31. The fourth-order valence-corrected chi connectivity index (χ4v) is 7.60. The Balaban J connectivity index is 1.33. The van der Waals surface area contributed by atoms with Crippen molar-refractivity contribution in [1.29, 1.82) is 0 Å². The Morgan fingerprint density at radius 3 is 2.75 bits per heavy atom. The van der Waals surface area contributed by atoms with Gasteiger partial charge in [-0.3, -0.25) is 3.11 Å². The highest BCUT2D eigenvalue weighted by atomic mass is 127. The van der Waals surface area contributed by atoms with Gasteiger partial charge in [0.15, 0.2) is 5.75 Å². The standard InChI is InChI=1S/C25H32I2N4O/c1-18(2)29-12-11-19-7-9-20(10-8-19)16-32-24-14-28-17-30-25(24)21-13-27-31(15-21)23-6-4-3-5-22(23)26/h3-6,13-15,17-20,29H,7-12,16H2,1-2H3. The topological polar surface area (TPSA) is 50.3 Å². The molecule has 4 rings (SSSR count). The highest BCUT2D eigenvalue weighted by Gasteiger charge is 2.23. The molecule has 0 spiro atoms. The van der Waals surface area contributed by atoms with E-state index in [9.17, 15) is 0 Å². The number of anilines is 1. The molecule has 1 aromatic carbocycles. The molecule has 0 amide bonds. The van der Waals surface area contributed by atoms with Crippen LogP contribution in [0.15, 0.2) is 43.0 Å². The van der Waals surface area contributed by atoms with E-state index in [0.717, 1.165) is 36.1 Å². The van der Waals surface area contributed by atoms with Gasteiger partial charge in [-0.1, -0.05) is 38.8 Å². The van der Waals surface area contributed by atoms with Gasteiger partial charge in [0.1, 0.15) is 12.0 Å². The third-order valence-electron chi connectivity index (χ3n) is 6.10. The lowest BCUT2D eigenvalue weighted by molar-refractivity contribution is 0.177. The van der Waals surface area contributed by atoms with Crippen molar-refractivity contribution in [2.24, 2.45) is 11.8 Å². The predicted molar refractivity (Wildman–Crippen MR) is 150 cm³/mol. The Morgan fingerprint density at radius 2 is 1.97 bits per heavy atom. The van der Waals surface area contributed by atoms with Crippen LogP contribution in [0.2, 0.25) is 0 Å². The highest BCUT2D eigenvalue weighted by molar-refractivity contribution is 14.2. The van der Waals surface area contributed by atoms with Crippen LogP contribution in [0.3, 0.4) is 0 Å². The van der Waals surface area contributed by atoms with Gasteiger partial charge in [0.2, 0.25) is 0 Å².